The Morgan fingerprint density at radius 3 is 3.05 bits per heavy atom. The van der Waals surface area contributed by atoms with Crippen molar-refractivity contribution in [2.75, 3.05) is 11.9 Å². The molecule has 0 spiro atoms. The maximum Gasteiger partial charge on any atom is 0.229 e. The first-order valence-corrected chi connectivity index (χ1v) is 6.21. The van der Waals surface area contributed by atoms with Crippen LogP contribution >= 0.6 is 0 Å². The van der Waals surface area contributed by atoms with Crippen LogP contribution in [0, 0.1) is 0 Å². The van der Waals surface area contributed by atoms with Gasteiger partial charge in [-0.2, -0.15) is 10.2 Å². The minimum Gasteiger partial charge on any atom is -0.384 e. The summed E-state index contributed by atoms with van der Waals surface area (Å²) in [7, 11) is 0. The minimum atomic E-state index is -0.132. The van der Waals surface area contributed by atoms with Crippen molar-refractivity contribution in [3.63, 3.8) is 0 Å². The highest BCUT2D eigenvalue weighted by atomic mass is 16.1. The summed E-state index contributed by atoms with van der Waals surface area (Å²) in [5.41, 5.74) is 2.86. The number of anilines is 1. The van der Waals surface area contributed by atoms with Crippen molar-refractivity contribution in [3.05, 3.63) is 53.9 Å². The third kappa shape index (κ3) is 2.40. The molecule has 1 aliphatic rings. The molecule has 1 atom stereocenters. The monoisotopic (exact) mass is 254 g/mol. The molecule has 0 fully saturated rings. The highest BCUT2D eigenvalue weighted by Gasteiger charge is 2.27. The number of hydrogen-bond donors (Lipinski definition) is 2. The first-order valence-electron chi connectivity index (χ1n) is 6.21. The Morgan fingerprint density at radius 1 is 1.32 bits per heavy atom. The molecule has 5 nitrogen and oxygen atoms in total. The van der Waals surface area contributed by atoms with Crippen LogP contribution in [0.3, 0.4) is 0 Å². The predicted octanol–water partition coefficient (Wildman–Crippen LogP) is 1.30. The molecule has 1 aromatic carbocycles. The van der Waals surface area contributed by atoms with Crippen LogP contribution in [-0.4, -0.2) is 22.6 Å². The van der Waals surface area contributed by atoms with Crippen molar-refractivity contribution in [1.82, 2.24) is 15.5 Å². The van der Waals surface area contributed by atoms with E-state index in [1.165, 1.54) is 0 Å². The van der Waals surface area contributed by atoms with E-state index in [0.29, 0.717) is 13.1 Å². The Morgan fingerprint density at radius 2 is 2.21 bits per heavy atom. The zero-order valence-electron chi connectivity index (χ0n) is 10.3. The van der Waals surface area contributed by atoms with Gasteiger partial charge in [0.15, 0.2) is 0 Å². The Kier molecular flexibility index (Phi) is 3.10. The molecule has 5 heteroatoms. The quantitative estimate of drug-likeness (QED) is 0.866. The predicted molar refractivity (Wildman–Crippen MR) is 71.6 cm³/mol. The first-order chi connectivity index (χ1) is 9.34. The third-order valence-electron chi connectivity index (χ3n) is 3.22. The number of hydrogen-bond acceptors (Lipinski definition) is 4. The van der Waals surface area contributed by atoms with E-state index in [1.54, 1.807) is 12.3 Å². The summed E-state index contributed by atoms with van der Waals surface area (Å²) in [6.07, 6.45) is 1.61. The molecule has 96 valence electrons. The van der Waals surface area contributed by atoms with Gasteiger partial charge in [0.25, 0.3) is 0 Å². The van der Waals surface area contributed by atoms with Gasteiger partial charge in [0, 0.05) is 18.4 Å². The molecule has 0 aliphatic carbocycles. The van der Waals surface area contributed by atoms with E-state index >= 15 is 0 Å². The van der Waals surface area contributed by atoms with Gasteiger partial charge < -0.3 is 10.6 Å². The van der Waals surface area contributed by atoms with Crippen LogP contribution in [0.2, 0.25) is 0 Å². The maximum atomic E-state index is 12.2. The van der Waals surface area contributed by atoms with Crippen LogP contribution in [0.25, 0.3) is 0 Å². The Hall–Kier alpha value is -2.43. The van der Waals surface area contributed by atoms with E-state index < -0.39 is 0 Å². The van der Waals surface area contributed by atoms with Crippen molar-refractivity contribution in [1.29, 1.82) is 0 Å². The second-order valence-electron chi connectivity index (χ2n) is 4.45. The fraction of sp³-hybridized carbons (Fsp3) is 0.214. The fourth-order valence-electron chi connectivity index (χ4n) is 2.25. The molecular weight excluding hydrogens is 240 g/mol. The molecular formula is C14H14N4O. The molecule has 2 aromatic rings. The molecule has 19 heavy (non-hydrogen) atoms. The summed E-state index contributed by atoms with van der Waals surface area (Å²) in [6.45, 7) is 1.05. The smallest absolute Gasteiger partial charge is 0.229 e. The standard InChI is InChI=1S/C14H14N4O/c19-14(16-8-10-4-3-7-17-18-10)12-9-15-13-6-2-1-5-11(12)13/h1-7,12,15H,8-9H2,(H,16,19). The average molecular weight is 254 g/mol. The summed E-state index contributed by atoms with van der Waals surface area (Å²) in [5, 5.41) is 13.9. The number of aromatic nitrogens is 2. The summed E-state index contributed by atoms with van der Waals surface area (Å²) in [4.78, 5) is 12.2. The van der Waals surface area contributed by atoms with Crippen LogP contribution < -0.4 is 10.6 Å². The highest BCUT2D eigenvalue weighted by Crippen LogP contribution is 2.30. The molecule has 0 bridgehead atoms. The van der Waals surface area contributed by atoms with E-state index in [2.05, 4.69) is 20.8 Å². The lowest BCUT2D eigenvalue weighted by atomic mass is 10.0. The van der Waals surface area contributed by atoms with E-state index in [0.717, 1.165) is 16.9 Å². The number of rotatable bonds is 3. The number of benzene rings is 1. The summed E-state index contributed by atoms with van der Waals surface area (Å²) < 4.78 is 0. The summed E-state index contributed by atoms with van der Waals surface area (Å²) in [5.74, 6) is -0.115. The van der Waals surface area contributed by atoms with Gasteiger partial charge in [0.2, 0.25) is 5.91 Å². The summed E-state index contributed by atoms with van der Waals surface area (Å²) >= 11 is 0. The molecule has 1 unspecified atom stereocenters. The van der Waals surface area contributed by atoms with Crippen LogP contribution in [-0.2, 0) is 11.3 Å². The SMILES string of the molecule is O=C(NCc1cccnn1)C1CNc2ccccc21. The number of amides is 1. The van der Waals surface area contributed by atoms with Gasteiger partial charge >= 0.3 is 0 Å². The normalized spacial score (nSPS) is 16.5. The van der Waals surface area contributed by atoms with Crippen molar-refractivity contribution in [3.8, 4) is 0 Å². The average Bonchev–Trinajstić information content (AvgIpc) is 2.90. The van der Waals surface area contributed by atoms with Crippen LogP contribution in [0.15, 0.2) is 42.6 Å². The molecule has 0 saturated carbocycles. The van der Waals surface area contributed by atoms with Gasteiger partial charge in [0.1, 0.15) is 0 Å². The molecule has 1 aliphatic heterocycles. The molecule has 2 heterocycles. The second-order valence-corrected chi connectivity index (χ2v) is 4.45. The zero-order chi connectivity index (χ0) is 13.1. The largest absolute Gasteiger partial charge is 0.384 e. The topological polar surface area (TPSA) is 66.9 Å². The van der Waals surface area contributed by atoms with Crippen molar-refractivity contribution >= 4 is 11.6 Å². The lowest BCUT2D eigenvalue weighted by Gasteiger charge is -2.10. The zero-order valence-corrected chi connectivity index (χ0v) is 10.3. The lowest BCUT2D eigenvalue weighted by molar-refractivity contribution is -0.122. The van der Waals surface area contributed by atoms with Gasteiger partial charge in [-0.25, -0.2) is 0 Å². The van der Waals surface area contributed by atoms with E-state index in [-0.39, 0.29) is 11.8 Å². The van der Waals surface area contributed by atoms with Crippen LogP contribution in [0.5, 0.6) is 0 Å². The molecule has 2 N–H and O–H groups in total. The van der Waals surface area contributed by atoms with Crippen LogP contribution in [0.4, 0.5) is 5.69 Å². The molecule has 0 radical (unpaired) electrons. The summed E-state index contributed by atoms with van der Waals surface area (Å²) in [6, 6.07) is 11.5. The van der Waals surface area contributed by atoms with Gasteiger partial charge in [-0.15, -0.1) is 0 Å². The van der Waals surface area contributed by atoms with Crippen molar-refractivity contribution < 1.29 is 4.79 Å². The molecule has 1 aromatic heterocycles. The maximum absolute atomic E-state index is 12.2. The van der Waals surface area contributed by atoms with E-state index in [4.69, 9.17) is 0 Å². The van der Waals surface area contributed by atoms with Gasteiger partial charge in [-0.05, 0) is 23.8 Å². The molecule has 1 amide bonds. The third-order valence-corrected chi connectivity index (χ3v) is 3.22. The highest BCUT2D eigenvalue weighted by molar-refractivity contribution is 5.88. The molecule has 0 saturated heterocycles. The Bertz CT molecular complexity index is 585. The second kappa shape index (κ2) is 5.06. The van der Waals surface area contributed by atoms with Crippen LogP contribution in [0.1, 0.15) is 17.2 Å². The van der Waals surface area contributed by atoms with Gasteiger partial charge in [-0.3, -0.25) is 4.79 Å². The van der Waals surface area contributed by atoms with Gasteiger partial charge in [-0.1, -0.05) is 18.2 Å². The molecule has 3 rings (SSSR count). The Balaban J connectivity index is 1.66. The van der Waals surface area contributed by atoms with E-state index in [1.807, 2.05) is 30.3 Å². The van der Waals surface area contributed by atoms with Gasteiger partial charge in [0.05, 0.1) is 18.2 Å². The lowest BCUT2D eigenvalue weighted by Crippen LogP contribution is -2.30. The fourth-order valence-corrected chi connectivity index (χ4v) is 2.25. The minimum absolute atomic E-state index is 0.0168. The number of para-hydroxylation sites is 1. The number of nitrogens with zero attached hydrogens (tertiary/aromatic N) is 2. The number of fused-ring (bicyclic) bond motifs is 1. The number of carbonyl (C=O) groups is 1. The first kappa shape index (κ1) is 11.6. The number of carbonyl (C=O) groups excluding carboxylic acids is 1. The Labute approximate surface area is 111 Å². The number of nitrogens with one attached hydrogen (secondary N) is 2. The van der Waals surface area contributed by atoms with Crippen molar-refractivity contribution in [2.45, 2.75) is 12.5 Å². The van der Waals surface area contributed by atoms with Crippen molar-refractivity contribution in [2.24, 2.45) is 0 Å². The van der Waals surface area contributed by atoms with E-state index in [9.17, 15) is 4.79 Å².